The normalized spacial score (nSPS) is 11.3. The number of anilines is 1. The standard InChI is InChI=1S/C22H24B5N5O/c1-10-28-9-15(32(10)2)11-3-5-14-12(7-11)8-16(31-30-14)29-17(33)6-4-13-18(23)20(25)22(27)21(26)19(13)24/h3-9H,23-27H2,1-2H3,(H,29,31,33)/b6-4+. The Morgan fingerprint density at radius 3 is 2.27 bits per heavy atom. The molecule has 11 heteroatoms. The number of amides is 1. The van der Waals surface area contributed by atoms with Crippen molar-refractivity contribution in [1.82, 2.24) is 19.7 Å². The molecule has 0 saturated heterocycles. The summed E-state index contributed by atoms with van der Waals surface area (Å²) in [6.45, 7) is 1.97. The third-order valence-corrected chi connectivity index (χ3v) is 6.81. The minimum atomic E-state index is -0.239. The highest BCUT2D eigenvalue weighted by Crippen LogP contribution is 2.24. The maximum Gasteiger partial charge on any atom is 0.249 e. The van der Waals surface area contributed by atoms with Crippen LogP contribution < -0.4 is 32.6 Å². The number of hydrogen-bond donors (Lipinski definition) is 1. The van der Waals surface area contributed by atoms with Crippen LogP contribution in [0.3, 0.4) is 0 Å². The molecule has 33 heavy (non-hydrogen) atoms. The molecule has 4 rings (SSSR count). The maximum atomic E-state index is 12.6. The molecule has 1 N–H and O–H groups in total. The Kier molecular flexibility index (Phi) is 6.06. The Bertz CT molecular complexity index is 1420. The van der Waals surface area contributed by atoms with Crippen molar-refractivity contribution in [1.29, 1.82) is 0 Å². The molecular weight excluding hydrogens is 404 g/mol. The van der Waals surface area contributed by atoms with Crippen LogP contribution >= 0.6 is 0 Å². The van der Waals surface area contributed by atoms with Crippen molar-refractivity contribution in [3.05, 3.63) is 47.9 Å². The minimum absolute atomic E-state index is 0.239. The number of rotatable bonds is 4. The molecule has 0 radical (unpaired) electrons. The molecule has 0 spiro atoms. The van der Waals surface area contributed by atoms with Crippen LogP contribution in [0.15, 0.2) is 36.5 Å². The summed E-state index contributed by atoms with van der Waals surface area (Å²) in [4.78, 5) is 17.0. The van der Waals surface area contributed by atoms with E-state index in [0.29, 0.717) is 5.82 Å². The molecule has 0 aliphatic carbocycles. The molecule has 2 heterocycles. The Balaban J connectivity index is 1.59. The highest BCUT2D eigenvalue weighted by molar-refractivity contribution is 6.67. The van der Waals surface area contributed by atoms with E-state index in [4.69, 9.17) is 0 Å². The molecule has 1 amide bonds. The number of imidazole rings is 1. The van der Waals surface area contributed by atoms with Crippen molar-refractivity contribution in [2.45, 2.75) is 6.92 Å². The fourth-order valence-corrected chi connectivity index (χ4v) is 4.14. The molecule has 0 bridgehead atoms. The van der Waals surface area contributed by atoms with E-state index in [1.165, 1.54) is 27.3 Å². The zero-order valence-corrected chi connectivity index (χ0v) is 20.2. The van der Waals surface area contributed by atoms with Crippen LogP contribution in [-0.2, 0) is 11.8 Å². The maximum absolute atomic E-state index is 12.6. The highest BCUT2D eigenvalue weighted by Gasteiger charge is 2.11. The van der Waals surface area contributed by atoms with Crippen LogP contribution in [0, 0.1) is 6.92 Å². The lowest BCUT2D eigenvalue weighted by molar-refractivity contribution is -0.111. The average molecular weight is 429 g/mol. The smallest absolute Gasteiger partial charge is 0.249 e. The van der Waals surface area contributed by atoms with Gasteiger partial charge in [0.25, 0.3) is 0 Å². The Morgan fingerprint density at radius 2 is 1.64 bits per heavy atom. The van der Waals surface area contributed by atoms with Crippen LogP contribution in [0.4, 0.5) is 5.82 Å². The van der Waals surface area contributed by atoms with Gasteiger partial charge in [0.15, 0.2) is 5.82 Å². The molecule has 0 unspecified atom stereocenters. The van der Waals surface area contributed by atoms with Crippen molar-refractivity contribution in [2.75, 3.05) is 5.32 Å². The number of benzene rings is 2. The largest absolute Gasteiger partial charge is 0.331 e. The number of carbonyl (C=O) groups excluding carboxylic acids is 1. The summed E-state index contributed by atoms with van der Waals surface area (Å²) in [6, 6.07) is 7.82. The Labute approximate surface area is 198 Å². The molecule has 0 atom stereocenters. The number of nitrogens with zero attached hydrogens (tertiary/aromatic N) is 4. The topological polar surface area (TPSA) is 72.7 Å². The minimum Gasteiger partial charge on any atom is -0.331 e. The zero-order chi connectivity index (χ0) is 23.9. The molecule has 0 saturated carbocycles. The summed E-state index contributed by atoms with van der Waals surface area (Å²) in [6.07, 6.45) is 5.30. The van der Waals surface area contributed by atoms with Crippen molar-refractivity contribution >= 4 is 95.2 Å². The SMILES string of the molecule is Bc1c(B)c(B)c(/C=C/C(=O)Nc2cc3cc(-c4cnc(C)n4C)ccc3nn2)c(B)c1B. The van der Waals surface area contributed by atoms with E-state index in [0.717, 1.165) is 33.5 Å². The number of carbonyl (C=O) groups is 1. The quantitative estimate of drug-likeness (QED) is 0.262. The molecule has 0 fully saturated rings. The summed E-state index contributed by atoms with van der Waals surface area (Å²) in [5, 5.41) is 12.2. The first-order valence-corrected chi connectivity index (χ1v) is 11.0. The predicted octanol–water partition coefficient (Wildman–Crippen LogP) is -4.72. The van der Waals surface area contributed by atoms with Gasteiger partial charge in [0, 0.05) is 24.1 Å². The van der Waals surface area contributed by atoms with Crippen LogP contribution in [0.2, 0.25) is 0 Å². The third-order valence-electron chi connectivity index (χ3n) is 6.81. The van der Waals surface area contributed by atoms with E-state index in [9.17, 15) is 4.79 Å². The second-order valence-corrected chi connectivity index (χ2v) is 8.61. The van der Waals surface area contributed by atoms with Gasteiger partial charge in [-0.3, -0.25) is 4.79 Å². The second-order valence-electron chi connectivity index (χ2n) is 8.61. The van der Waals surface area contributed by atoms with Crippen molar-refractivity contribution in [2.24, 2.45) is 7.05 Å². The van der Waals surface area contributed by atoms with E-state index in [2.05, 4.69) is 59.7 Å². The highest BCUT2D eigenvalue weighted by atomic mass is 16.1. The summed E-state index contributed by atoms with van der Waals surface area (Å²) < 4.78 is 2.04. The van der Waals surface area contributed by atoms with Gasteiger partial charge in [-0.25, -0.2) is 4.98 Å². The molecule has 6 nitrogen and oxygen atoms in total. The zero-order valence-electron chi connectivity index (χ0n) is 20.2. The first-order valence-electron chi connectivity index (χ1n) is 11.0. The van der Waals surface area contributed by atoms with Crippen molar-refractivity contribution in [3.8, 4) is 11.3 Å². The van der Waals surface area contributed by atoms with Gasteiger partial charge in [-0.05, 0) is 30.7 Å². The third kappa shape index (κ3) is 4.27. The Morgan fingerprint density at radius 1 is 0.970 bits per heavy atom. The van der Waals surface area contributed by atoms with Crippen LogP contribution in [0.1, 0.15) is 11.4 Å². The molecule has 2 aromatic heterocycles. The summed E-state index contributed by atoms with van der Waals surface area (Å²) in [7, 11) is 12.6. The summed E-state index contributed by atoms with van der Waals surface area (Å²) in [5.74, 6) is 1.12. The van der Waals surface area contributed by atoms with Gasteiger partial charge in [0.1, 0.15) is 45.1 Å². The van der Waals surface area contributed by atoms with E-state index in [-0.39, 0.29) is 5.91 Å². The first kappa shape index (κ1) is 22.7. The summed E-state index contributed by atoms with van der Waals surface area (Å²) >= 11 is 0. The fourth-order valence-electron chi connectivity index (χ4n) is 4.14. The number of nitrogens with one attached hydrogen (secondary N) is 1. The van der Waals surface area contributed by atoms with Gasteiger partial charge < -0.3 is 9.88 Å². The van der Waals surface area contributed by atoms with E-state index in [1.54, 1.807) is 6.08 Å². The molecule has 0 aliphatic rings. The van der Waals surface area contributed by atoms with E-state index >= 15 is 0 Å². The first-order chi connectivity index (χ1) is 15.7. The molecule has 4 aromatic rings. The van der Waals surface area contributed by atoms with Gasteiger partial charge in [-0.1, -0.05) is 23.1 Å². The van der Waals surface area contributed by atoms with Crippen molar-refractivity contribution in [3.63, 3.8) is 0 Å². The number of aryl methyl sites for hydroxylation is 1. The molecule has 0 aliphatic heterocycles. The van der Waals surface area contributed by atoms with Gasteiger partial charge in [0.2, 0.25) is 5.91 Å². The summed E-state index contributed by atoms with van der Waals surface area (Å²) in [5.41, 5.74) is 10.1. The number of aromatic nitrogens is 4. The lowest BCUT2D eigenvalue weighted by Gasteiger charge is -2.17. The lowest BCUT2D eigenvalue weighted by atomic mass is 9.60. The van der Waals surface area contributed by atoms with E-state index in [1.807, 2.05) is 55.1 Å². The molecule has 158 valence electrons. The van der Waals surface area contributed by atoms with Gasteiger partial charge in [-0.15, -0.1) is 26.6 Å². The van der Waals surface area contributed by atoms with Gasteiger partial charge in [0.05, 0.1) is 17.4 Å². The predicted molar refractivity (Wildman–Crippen MR) is 151 cm³/mol. The van der Waals surface area contributed by atoms with Crippen LogP contribution in [0.25, 0.3) is 28.2 Å². The second kappa shape index (κ2) is 8.81. The van der Waals surface area contributed by atoms with Gasteiger partial charge >= 0.3 is 0 Å². The van der Waals surface area contributed by atoms with Crippen molar-refractivity contribution < 1.29 is 4.79 Å². The average Bonchev–Trinajstić information content (AvgIpc) is 3.14. The fraction of sp³-hybridized carbons (Fsp3) is 0.0909. The Hall–Kier alpha value is -3.48. The molecular formula is C22H24B5N5O. The molecule has 2 aromatic carbocycles. The number of fused-ring (bicyclic) bond motifs is 1. The van der Waals surface area contributed by atoms with Crippen LogP contribution in [-0.4, -0.2) is 64.9 Å². The number of hydrogen-bond acceptors (Lipinski definition) is 4. The van der Waals surface area contributed by atoms with E-state index < -0.39 is 0 Å². The van der Waals surface area contributed by atoms with Crippen LogP contribution in [0.5, 0.6) is 0 Å². The lowest BCUT2D eigenvalue weighted by Crippen LogP contribution is -2.55. The monoisotopic (exact) mass is 429 g/mol. The van der Waals surface area contributed by atoms with Gasteiger partial charge in [-0.2, -0.15) is 0 Å².